The molecule has 0 aromatic heterocycles. The van der Waals surface area contributed by atoms with Crippen LogP contribution in [0, 0.1) is 0 Å². The lowest BCUT2D eigenvalue weighted by molar-refractivity contribution is -0.113. The molecule has 1 saturated heterocycles. The second-order valence-electron chi connectivity index (χ2n) is 7.72. The number of hydrogen-bond acceptors (Lipinski definition) is 4. The normalized spacial score (nSPS) is 16.7. The van der Waals surface area contributed by atoms with Crippen molar-refractivity contribution in [2.75, 3.05) is 13.1 Å². The van der Waals surface area contributed by atoms with Gasteiger partial charge in [0.1, 0.15) is 11.5 Å². The van der Waals surface area contributed by atoms with Gasteiger partial charge in [-0.3, -0.25) is 9.69 Å². The first-order valence-corrected chi connectivity index (χ1v) is 11.7. The molecule has 0 aliphatic carbocycles. The molecule has 0 saturated carbocycles. The van der Waals surface area contributed by atoms with Gasteiger partial charge >= 0.3 is 0 Å². The van der Waals surface area contributed by atoms with Crippen LogP contribution in [0.2, 0.25) is 0 Å². The van der Waals surface area contributed by atoms with Crippen molar-refractivity contribution in [3.8, 4) is 11.5 Å². The van der Waals surface area contributed by atoms with Gasteiger partial charge in [-0.25, -0.2) is 0 Å². The fraction of sp³-hybridized carbons (Fsp3) is 0.115. The number of nitrogens with zero attached hydrogens (tertiary/aromatic N) is 1. The van der Waals surface area contributed by atoms with Gasteiger partial charge in [0.15, 0.2) is 5.78 Å². The number of hydrogen-bond donors (Lipinski definition) is 2. The molecule has 1 aliphatic heterocycles. The highest BCUT2D eigenvalue weighted by Crippen LogP contribution is 2.29. The van der Waals surface area contributed by atoms with E-state index in [9.17, 15) is 15.0 Å². The molecule has 7 heteroatoms. The number of halogens is 3. The number of rotatable bonds is 4. The summed E-state index contributed by atoms with van der Waals surface area (Å²) < 4.78 is 1.17. The minimum absolute atomic E-state index is 0. The number of benzene rings is 3. The van der Waals surface area contributed by atoms with E-state index in [1.807, 2.05) is 30.4 Å². The average Bonchev–Trinajstić information content (AvgIpc) is 2.77. The van der Waals surface area contributed by atoms with E-state index in [0.29, 0.717) is 33.2 Å². The zero-order valence-corrected chi connectivity index (χ0v) is 21.5. The number of carbonyl (C=O) groups excluding carboxylic acids is 1. The van der Waals surface area contributed by atoms with Crippen LogP contribution in [-0.2, 0) is 11.3 Å². The summed E-state index contributed by atoms with van der Waals surface area (Å²) in [4.78, 5) is 15.6. The zero-order chi connectivity index (χ0) is 22.7. The lowest BCUT2D eigenvalue weighted by Gasteiger charge is -2.30. The molecular formula is C26H22Br2ClNO3. The lowest BCUT2D eigenvalue weighted by atomic mass is 9.94. The number of carbonyl (C=O) groups is 1. The summed E-state index contributed by atoms with van der Waals surface area (Å²) in [5.74, 6) is 0.320. The molecule has 0 unspecified atom stereocenters. The Morgan fingerprint density at radius 1 is 0.788 bits per heavy atom. The first-order valence-electron chi connectivity index (χ1n) is 10.1. The third-order valence-electron chi connectivity index (χ3n) is 5.25. The van der Waals surface area contributed by atoms with Crippen molar-refractivity contribution in [3.63, 3.8) is 0 Å². The molecule has 0 spiro atoms. The van der Waals surface area contributed by atoms with Crippen LogP contribution in [0.3, 0.4) is 0 Å². The topological polar surface area (TPSA) is 60.8 Å². The van der Waals surface area contributed by atoms with Gasteiger partial charge in [0.25, 0.3) is 0 Å². The predicted molar refractivity (Wildman–Crippen MR) is 142 cm³/mol. The van der Waals surface area contributed by atoms with Crippen molar-refractivity contribution < 1.29 is 15.0 Å². The van der Waals surface area contributed by atoms with Gasteiger partial charge in [-0.15, -0.1) is 12.4 Å². The van der Waals surface area contributed by atoms with Gasteiger partial charge in [-0.05, 0) is 85.0 Å². The molecule has 1 heterocycles. The first-order chi connectivity index (χ1) is 15.4. The Kier molecular flexibility index (Phi) is 8.54. The van der Waals surface area contributed by atoms with Crippen molar-refractivity contribution in [1.82, 2.24) is 4.90 Å². The van der Waals surface area contributed by atoms with Crippen LogP contribution in [0.25, 0.3) is 12.2 Å². The quantitative estimate of drug-likeness (QED) is 0.336. The van der Waals surface area contributed by atoms with Crippen molar-refractivity contribution >= 4 is 62.2 Å². The second-order valence-corrected chi connectivity index (χ2v) is 9.43. The van der Waals surface area contributed by atoms with Crippen LogP contribution in [0.1, 0.15) is 16.7 Å². The van der Waals surface area contributed by atoms with E-state index in [4.69, 9.17) is 0 Å². The number of phenolic OH excluding ortho intramolecular Hbond substituents is 2. The molecule has 1 aliphatic rings. The van der Waals surface area contributed by atoms with Gasteiger partial charge in [-0.1, -0.05) is 42.5 Å². The van der Waals surface area contributed by atoms with E-state index in [2.05, 4.69) is 48.9 Å². The van der Waals surface area contributed by atoms with Crippen LogP contribution in [-0.4, -0.2) is 34.0 Å². The number of aromatic hydroxyl groups is 2. The fourth-order valence-corrected chi connectivity index (χ4v) is 4.48. The summed E-state index contributed by atoms with van der Waals surface area (Å²) in [5, 5.41) is 19.6. The Balaban J connectivity index is 0.00000306. The molecule has 4 rings (SSSR count). The van der Waals surface area contributed by atoms with E-state index < -0.39 is 0 Å². The molecule has 1 fully saturated rings. The molecule has 2 N–H and O–H groups in total. The third-order valence-corrected chi connectivity index (χ3v) is 6.52. The summed E-state index contributed by atoms with van der Waals surface area (Å²) >= 11 is 6.68. The fourth-order valence-electron chi connectivity index (χ4n) is 3.69. The zero-order valence-electron chi connectivity index (χ0n) is 17.5. The number of phenols is 2. The van der Waals surface area contributed by atoms with Crippen LogP contribution >= 0.6 is 44.3 Å². The first kappa shape index (κ1) is 25.2. The smallest absolute Gasteiger partial charge is 0.187 e. The molecule has 33 heavy (non-hydrogen) atoms. The summed E-state index contributed by atoms with van der Waals surface area (Å²) in [7, 11) is 0. The molecule has 4 nitrogen and oxygen atoms in total. The van der Waals surface area contributed by atoms with Crippen molar-refractivity contribution in [2.24, 2.45) is 0 Å². The number of likely N-dealkylation sites (tertiary alicyclic amines) is 1. The summed E-state index contributed by atoms with van der Waals surface area (Å²) in [6.07, 6.45) is 3.76. The highest BCUT2D eigenvalue weighted by Gasteiger charge is 2.26. The van der Waals surface area contributed by atoms with E-state index in [0.717, 1.165) is 17.7 Å². The summed E-state index contributed by atoms with van der Waals surface area (Å²) in [5.41, 5.74) is 4.24. The molecular weight excluding hydrogens is 570 g/mol. The van der Waals surface area contributed by atoms with Crippen molar-refractivity contribution in [1.29, 1.82) is 0 Å². The Morgan fingerprint density at radius 2 is 1.27 bits per heavy atom. The van der Waals surface area contributed by atoms with Gasteiger partial charge in [-0.2, -0.15) is 0 Å². The summed E-state index contributed by atoms with van der Waals surface area (Å²) in [6.45, 7) is 1.78. The lowest BCUT2D eigenvalue weighted by Crippen LogP contribution is -2.37. The van der Waals surface area contributed by atoms with Crippen LogP contribution in [0.5, 0.6) is 11.5 Å². The molecule has 0 amide bonds. The predicted octanol–water partition coefficient (Wildman–Crippen LogP) is 6.60. The van der Waals surface area contributed by atoms with Crippen LogP contribution in [0.4, 0.5) is 0 Å². The molecule has 170 valence electrons. The van der Waals surface area contributed by atoms with Gasteiger partial charge in [0.2, 0.25) is 0 Å². The van der Waals surface area contributed by atoms with Gasteiger partial charge in [0, 0.05) is 30.8 Å². The number of Topliss-reactive ketones (excluding diaryl/α,β-unsaturated/α-hetero) is 1. The maximum Gasteiger partial charge on any atom is 0.187 e. The van der Waals surface area contributed by atoms with E-state index in [-0.39, 0.29) is 29.7 Å². The van der Waals surface area contributed by atoms with Crippen LogP contribution < -0.4 is 0 Å². The molecule has 0 atom stereocenters. The minimum atomic E-state index is 0. The molecule has 0 bridgehead atoms. The second kappa shape index (κ2) is 11.2. The minimum Gasteiger partial charge on any atom is -0.507 e. The molecule has 0 radical (unpaired) electrons. The third kappa shape index (κ3) is 6.36. The highest BCUT2D eigenvalue weighted by molar-refractivity contribution is 9.10. The summed E-state index contributed by atoms with van der Waals surface area (Å²) in [6, 6.07) is 20.6. The van der Waals surface area contributed by atoms with Crippen LogP contribution in [0.15, 0.2) is 86.8 Å². The SMILES string of the molecule is Cl.O=C1C(=Cc2ccc(O)c(Br)c2)CN(Cc2ccccc2)C/C1=C\c1ccc(O)c(Br)c1. The number of ketones is 1. The number of piperidine rings is 1. The highest BCUT2D eigenvalue weighted by atomic mass is 79.9. The Hall–Kier alpha value is -2.38. The standard InChI is InChI=1S/C26H21Br2NO3.ClH/c27-22-12-18(6-8-24(22)30)10-20-15-29(14-17-4-2-1-3-5-17)16-21(26(20)32)11-19-7-9-25(31)23(28)13-19;/h1-13,30-31H,14-16H2;1H/b20-10+,21-11?;. The molecule has 3 aromatic rings. The van der Waals surface area contributed by atoms with Crippen molar-refractivity contribution in [3.05, 3.63) is 104 Å². The van der Waals surface area contributed by atoms with Gasteiger partial charge < -0.3 is 10.2 Å². The largest absolute Gasteiger partial charge is 0.507 e. The average molecular weight is 592 g/mol. The maximum absolute atomic E-state index is 13.4. The van der Waals surface area contributed by atoms with Crippen molar-refractivity contribution in [2.45, 2.75) is 6.54 Å². The van der Waals surface area contributed by atoms with E-state index in [1.54, 1.807) is 36.4 Å². The van der Waals surface area contributed by atoms with Gasteiger partial charge in [0.05, 0.1) is 8.95 Å². The Labute approximate surface area is 215 Å². The van der Waals surface area contributed by atoms with E-state index >= 15 is 0 Å². The maximum atomic E-state index is 13.4. The Bertz CT molecular complexity index is 1150. The monoisotopic (exact) mass is 589 g/mol. The van der Waals surface area contributed by atoms with E-state index in [1.165, 1.54) is 5.56 Å². The molecule has 3 aromatic carbocycles. The Morgan fingerprint density at radius 3 is 1.73 bits per heavy atom.